The van der Waals surface area contributed by atoms with Crippen molar-refractivity contribution in [1.29, 1.82) is 0 Å². The highest BCUT2D eigenvalue weighted by Gasteiger charge is 2.27. The molecule has 0 spiro atoms. The molecule has 2 aliphatic carbocycles. The van der Waals surface area contributed by atoms with Crippen molar-refractivity contribution in [3.8, 4) is 0 Å². The number of carbonyl (C=O) groups is 1. The summed E-state index contributed by atoms with van der Waals surface area (Å²) in [6.45, 7) is 4.00. The largest absolute Gasteiger partial charge is 0.375 e. The van der Waals surface area contributed by atoms with E-state index in [4.69, 9.17) is 4.74 Å². The van der Waals surface area contributed by atoms with Crippen molar-refractivity contribution >= 4 is 11.6 Å². The summed E-state index contributed by atoms with van der Waals surface area (Å²) in [6, 6.07) is 4.14. The van der Waals surface area contributed by atoms with Gasteiger partial charge in [0.05, 0.1) is 17.8 Å². The quantitative estimate of drug-likeness (QED) is 0.903. The number of hydrogen-bond acceptors (Lipinski definition) is 3. The van der Waals surface area contributed by atoms with Gasteiger partial charge in [-0.2, -0.15) is 0 Å². The predicted octanol–water partition coefficient (Wildman–Crippen LogP) is 3.95. The Morgan fingerprint density at radius 1 is 1.12 bits per heavy atom. The molecule has 1 N–H and O–H groups in total. The standard InChI is InChI=1S/C21H29N3O2/c1-14-13-15(2)24-12-11-19(20(24)22-14)21(25)23-16-7-9-18(10-8-16)26-17-5-3-4-6-17/h11-13,16-18H,3-10H2,1-2H3,(H,23,25). The minimum absolute atomic E-state index is 0.00911. The lowest BCUT2D eigenvalue weighted by atomic mass is 9.92. The van der Waals surface area contributed by atoms with Crippen molar-refractivity contribution in [3.05, 3.63) is 35.3 Å². The van der Waals surface area contributed by atoms with E-state index in [2.05, 4.69) is 10.3 Å². The molecule has 2 aliphatic rings. The van der Waals surface area contributed by atoms with Crippen molar-refractivity contribution in [1.82, 2.24) is 14.7 Å². The molecule has 1 amide bonds. The molecule has 0 unspecified atom stereocenters. The molecule has 0 atom stereocenters. The lowest BCUT2D eigenvalue weighted by Crippen LogP contribution is -2.39. The van der Waals surface area contributed by atoms with Crippen molar-refractivity contribution in [3.63, 3.8) is 0 Å². The molecule has 0 aliphatic heterocycles. The molecule has 2 saturated carbocycles. The number of carbonyl (C=O) groups excluding carboxylic acids is 1. The lowest BCUT2D eigenvalue weighted by Gasteiger charge is -2.30. The second-order valence-corrected chi connectivity index (χ2v) is 7.95. The summed E-state index contributed by atoms with van der Waals surface area (Å²) >= 11 is 0. The van der Waals surface area contributed by atoms with E-state index in [-0.39, 0.29) is 11.9 Å². The monoisotopic (exact) mass is 355 g/mol. The Labute approximate surface area is 155 Å². The number of nitrogens with zero attached hydrogens (tertiary/aromatic N) is 2. The zero-order chi connectivity index (χ0) is 18.1. The van der Waals surface area contributed by atoms with Gasteiger partial charge < -0.3 is 14.5 Å². The van der Waals surface area contributed by atoms with Crippen LogP contribution in [0.15, 0.2) is 18.3 Å². The molecule has 2 fully saturated rings. The molecule has 140 valence electrons. The molecule has 0 bridgehead atoms. The highest BCUT2D eigenvalue weighted by molar-refractivity contribution is 6.00. The highest BCUT2D eigenvalue weighted by Crippen LogP contribution is 2.28. The SMILES string of the molecule is Cc1cc(C)n2ccc(C(=O)NC3CCC(OC4CCCC4)CC3)c2n1. The van der Waals surface area contributed by atoms with Gasteiger partial charge in [-0.05, 0) is 64.5 Å². The molecule has 4 rings (SSSR count). The van der Waals surface area contributed by atoms with Gasteiger partial charge in [0, 0.05) is 23.6 Å². The third-order valence-corrected chi connectivity index (χ3v) is 5.88. The van der Waals surface area contributed by atoms with Crippen LogP contribution in [0.3, 0.4) is 0 Å². The fraction of sp³-hybridized carbons (Fsp3) is 0.619. The Morgan fingerprint density at radius 3 is 2.54 bits per heavy atom. The second kappa shape index (κ2) is 7.39. The van der Waals surface area contributed by atoms with Crippen LogP contribution in [0.25, 0.3) is 5.65 Å². The van der Waals surface area contributed by atoms with Gasteiger partial charge in [-0.1, -0.05) is 12.8 Å². The maximum Gasteiger partial charge on any atom is 0.255 e. The molecule has 2 aromatic heterocycles. The number of hydrogen-bond donors (Lipinski definition) is 1. The Balaban J connectivity index is 1.36. The number of fused-ring (bicyclic) bond motifs is 1. The van der Waals surface area contributed by atoms with Crippen molar-refractivity contribution in [2.45, 2.75) is 83.5 Å². The van der Waals surface area contributed by atoms with E-state index in [1.807, 2.05) is 36.6 Å². The fourth-order valence-corrected chi connectivity index (χ4v) is 4.47. The summed E-state index contributed by atoms with van der Waals surface area (Å²) in [7, 11) is 0. The van der Waals surface area contributed by atoms with E-state index < -0.39 is 0 Å². The van der Waals surface area contributed by atoms with E-state index in [1.54, 1.807) is 0 Å². The number of aromatic nitrogens is 2. The van der Waals surface area contributed by atoms with E-state index in [1.165, 1.54) is 25.7 Å². The number of ether oxygens (including phenoxy) is 1. The third kappa shape index (κ3) is 3.63. The molecule has 2 aromatic rings. The van der Waals surface area contributed by atoms with Gasteiger partial charge >= 0.3 is 0 Å². The molecular weight excluding hydrogens is 326 g/mol. The third-order valence-electron chi connectivity index (χ3n) is 5.88. The first-order valence-electron chi connectivity index (χ1n) is 10.0. The Hall–Kier alpha value is -1.88. The first-order chi connectivity index (χ1) is 12.6. The molecule has 0 aromatic carbocycles. The maximum atomic E-state index is 12.8. The van der Waals surface area contributed by atoms with Crippen LogP contribution in [-0.2, 0) is 4.74 Å². The van der Waals surface area contributed by atoms with Crippen molar-refractivity contribution in [2.75, 3.05) is 0 Å². The summed E-state index contributed by atoms with van der Waals surface area (Å²) in [5, 5.41) is 3.22. The van der Waals surface area contributed by atoms with Crippen LogP contribution in [0.5, 0.6) is 0 Å². The number of rotatable bonds is 4. The van der Waals surface area contributed by atoms with Crippen LogP contribution in [0.1, 0.15) is 73.1 Å². The van der Waals surface area contributed by atoms with Crippen LogP contribution in [0.4, 0.5) is 0 Å². The zero-order valence-corrected chi connectivity index (χ0v) is 15.8. The molecule has 5 nitrogen and oxygen atoms in total. The summed E-state index contributed by atoms with van der Waals surface area (Å²) in [4.78, 5) is 17.3. The Morgan fingerprint density at radius 2 is 1.81 bits per heavy atom. The Bertz CT molecular complexity index is 784. The molecular formula is C21H29N3O2. The molecule has 2 heterocycles. The normalized spacial score (nSPS) is 24.2. The summed E-state index contributed by atoms with van der Waals surface area (Å²) in [5.41, 5.74) is 3.45. The summed E-state index contributed by atoms with van der Waals surface area (Å²) < 4.78 is 8.22. The van der Waals surface area contributed by atoms with Crippen molar-refractivity contribution < 1.29 is 9.53 Å². The number of nitrogens with one attached hydrogen (secondary N) is 1. The summed E-state index contributed by atoms with van der Waals surface area (Å²) in [5.74, 6) is -0.00911. The van der Waals surface area contributed by atoms with Gasteiger partial charge in [-0.25, -0.2) is 4.98 Å². The van der Waals surface area contributed by atoms with E-state index in [0.717, 1.165) is 42.7 Å². The van der Waals surface area contributed by atoms with Crippen LogP contribution < -0.4 is 5.32 Å². The predicted molar refractivity (Wildman–Crippen MR) is 102 cm³/mol. The summed E-state index contributed by atoms with van der Waals surface area (Å²) in [6.07, 6.45) is 12.0. The number of amides is 1. The first kappa shape index (κ1) is 17.5. The Kier molecular flexibility index (Phi) is 4.98. The average Bonchev–Trinajstić information content (AvgIpc) is 3.26. The minimum Gasteiger partial charge on any atom is -0.375 e. The lowest BCUT2D eigenvalue weighted by molar-refractivity contribution is -0.0294. The fourth-order valence-electron chi connectivity index (χ4n) is 4.47. The maximum absolute atomic E-state index is 12.8. The van der Waals surface area contributed by atoms with Gasteiger partial charge in [0.1, 0.15) is 5.65 Å². The van der Waals surface area contributed by atoms with E-state index in [0.29, 0.717) is 17.8 Å². The van der Waals surface area contributed by atoms with Gasteiger partial charge in [0.15, 0.2) is 0 Å². The topological polar surface area (TPSA) is 55.6 Å². The van der Waals surface area contributed by atoms with Gasteiger partial charge in [-0.3, -0.25) is 4.79 Å². The highest BCUT2D eigenvalue weighted by atomic mass is 16.5. The van der Waals surface area contributed by atoms with Gasteiger partial charge in [0.25, 0.3) is 5.91 Å². The van der Waals surface area contributed by atoms with Crippen LogP contribution in [0.2, 0.25) is 0 Å². The molecule has 26 heavy (non-hydrogen) atoms. The minimum atomic E-state index is -0.00911. The number of aryl methyl sites for hydroxylation is 2. The first-order valence-corrected chi connectivity index (χ1v) is 10.0. The molecule has 0 radical (unpaired) electrons. The van der Waals surface area contributed by atoms with E-state index >= 15 is 0 Å². The van der Waals surface area contributed by atoms with Crippen LogP contribution >= 0.6 is 0 Å². The van der Waals surface area contributed by atoms with Crippen molar-refractivity contribution in [2.24, 2.45) is 0 Å². The molecule has 0 saturated heterocycles. The smallest absolute Gasteiger partial charge is 0.255 e. The molecule has 5 heteroatoms. The second-order valence-electron chi connectivity index (χ2n) is 7.95. The van der Waals surface area contributed by atoms with Crippen LogP contribution in [-0.4, -0.2) is 33.5 Å². The van der Waals surface area contributed by atoms with E-state index in [9.17, 15) is 4.79 Å². The van der Waals surface area contributed by atoms with Crippen LogP contribution in [0, 0.1) is 13.8 Å². The van der Waals surface area contributed by atoms with Gasteiger partial charge in [0.2, 0.25) is 0 Å². The van der Waals surface area contributed by atoms with Gasteiger partial charge in [-0.15, -0.1) is 0 Å². The zero-order valence-electron chi connectivity index (χ0n) is 15.8. The average molecular weight is 355 g/mol.